The molecular formula is C11H16BrNO2S2. The normalized spacial score (nSPS) is 18.9. The SMILES string of the molecule is CCc1ccc(S(=O)(=O)NC2(CBr)CCC2)s1. The van der Waals surface area contributed by atoms with Crippen LogP contribution in [0, 0.1) is 0 Å². The van der Waals surface area contributed by atoms with Crippen LogP contribution in [0.2, 0.25) is 0 Å². The Labute approximate surface area is 115 Å². The Morgan fingerprint density at radius 3 is 2.59 bits per heavy atom. The molecule has 1 aliphatic rings. The van der Waals surface area contributed by atoms with Gasteiger partial charge in [-0.05, 0) is 37.8 Å². The van der Waals surface area contributed by atoms with Crippen molar-refractivity contribution in [1.29, 1.82) is 0 Å². The fourth-order valence-corrected chi connectivity index (χ4v) is 5.54. The van der Waals surface area contributed by atoms with Crippen LogP contribution < -0.4 is 4.72 Å². The van der Waals surface area contributed by atoms with Gasteiger partial charge in [0, 0.05) is 15.7 Å². The molecule has 0 spiro atoms. The molecule has 1 fully saturated rings. The van der Waals surface area contributed by atoms with Crippen molar-refractivity contribution in [3.63, 3.8) is 0 Å². The Morgan fingerprint density at radius 2 is 2.18 bits per heavy atom. The van der Waals surface area contributed by atoms with Gasteiger partial charge in [-0.25, -0.2) is 13.1 Å². The van der Waals surface area contributed by atoms with Crippen LogP contribution in [0.25, 0.3) is 0 Å². The van der Waals surface area contributed by atoms with Crippen molar-refractivity contribution in [1.82, 2.24) is 4.72 Å². The highest BCUT2D eigenvalue weighted by atomic mass is 79.9. The smallest absolute Gasteiger partial charge is 0.206 e. The molecule has 17 heavy (non-hydrogen) atoms. The van der Waals surface area contributed by atoms with Crippen LogP contribution in [0.4, 0.5) is 0 Å². The van der Waals surface area contributed by atoms with E-state index in [1.807, 2.05) is 13.0 Å². The lowest BCUT2D eigenvalue weighted by Crippen LogP contribution is -2.54. The second-order valence-electron chi connectivity index (χ2n) is 4.45. The van der Waals surface area contributed by atoms with E-state index in [0.29, 0.717) is 9.54 Å². The molecule has 1 aromatic heterocycles. The minimum absolute atomic E-state index is 0.255. The second kappa shape index (κ2) is 4.99. The van der Waals surface area contributed by atoms with Gasteiger partial charge >= 0.3 is 0 Å². The highest BCUT2D eigenvalue weighted by Crippen LogP contribution is 2.35. The third-order valence-electron chi connectivity index (χ3n) is 3.17. The summed E-state index contributed by atoms with van der Waals surface area (Å²) < 4.78 is 27.7. The number of hydrogen-bond donors (Lipinski definition) is 1. The maximum absolute atomic E-state index is 12.2. The third kappa shape index (κ3) is 2.75. The molecule has 2 rings (SSSR count). The average molecular weight is 338 g/mol. The molecule has 0 unspecified atom stereocenters. The van der Waals surface area contributed by atoms with Crippen LogP contribution in [0.15, 0.2) is 16.3 Å². The molecule has 3 nitrogen and oxygen atoms in total. The van der Waals surface area contributed by atoms with Gasteiger partial charge in [0.15, 0.2) is 0 Å². The average Bonchev–Trinajstić information content (AvgIpc) is 2.72. The molecule has 0 aliphatic heterocycles. The van der Waals surface area contributed by atoms with Crippen molar-refractivity contribution < 1.29 is 8.42 Å². The summed E-state index contributed by atoms with van der Waals surface area (Å²) in [5.74, 6) is 0. The Hall–Kier alpha value is 0.0900. The zero-order chi connectivity index (χ0) is 12.5. The minimum atomic E-state index is -3.34. The van der Waals surface area contributed by atoms with Crippen molar-refractivity contribution in [2.24, 2.45) is 0 Å². The van der Waals surface area contributed by atoms with Gasteiger partial charge in [0.05, 0.1) is 0 Å². The molecule has 0 aromatic carbocycles. The highest BCUT2D eigenvalue weighted by molar-refractivity contribution is 9.09. The minimum Gasteiger partial charge on any atom is -0.206 e. The quantitative estimate of drug-likeness (QED) is 0.839. The van der Waals surface area contributed by atoms with Gasteiger partial charge in [0.25, 0.3) is 10.0 Å². The first-order valence-electron chi connectivity index (χ1n) is 5.70. The first-order valence-corrected chi connectivity index (χ1v) is 9.12. The number of halogens is 1. The molecule has 96 valence electrons. The fourth-order valence-electron chi connectivity index (χ4n) is 1.89. The van der Waals surface area contributed by atoms with Crippen molar-refractivity contribution >= 4 is 37.3 Å². The van der Waals surface area contributed by atoms with Gasteiger partial charge in [0.2, 0.25) is 0 Å². The zero-order valence-electron chi connectivity index (χ0n) is 9.70. The largest absolute Gasteiger partial charge is 0.250 e. The van der Waals surface area contributed by atoms with Crippen molar-refractivity contribution in [3.05, 3.63) is 17.0 Å². The van der Waals surface area contributed by atoms with E-state index in [4.69, 9.17) is 0 Å². The van der Waals surface area contributed by atoms with Gasteiger partial charge in [-0.2, -0.15) is 0 Å². The summed E-state index contributed by atoms with van der Waals surface area (Å²) >= 11 is 4.76. The molecule has 1 heterocycles. The van der Waals surface area contributed by atoms with Gasteiger partial charge in [0.1, 0.15) is 4.21 Å². The topological polar surface area (TPSA) is 46.2 Å². The number of thiophene rings is 1. The van der Waals surface area contributed by atoms with E-state index in [2.05, 4.69) is 20.7 Å². The standard InChI is InChI=1S/C11H16BrNO2S2/c1-2-9-4-5-10(16-9)17(14,15)13-11(8-12)6-3-7-11/h4-5,13H,2-3,6-8H2,1H3. The van der Waals surface area contributed by atoms with E-state index in [1.54, 1.807) is 6.07 Å². The molecule has 6 heteroatoms. The van der Waals surface area contributed by atoms with Crippen LogP contribution in [0.1, 0.15) is 31.1 Å². The van der Waals surface area contributed by atoms with Crippen molar-refractivity contribution in [2.45, 2.75) is 42.4 Å². The molecule has 0 bridgehead atoms. The first-order chi connectivity index (χ1) is 8.01. The number of rotatable bonds is 5. The summed E-state index contributed by atoms with van der Waals surface area (Å²) in [5.41, 5.74) is -0.255. The molecule has 0 saturated heterocycles. The van der Waals surface area contributed by atoms with Gasteiger partial charge in [-0.1, -0.05) is 22.9 Å². The molecular weight excluding hydrogens is 322 g/mol. The Morgan fingerprint density at radius 1 is 1.47 bits per heavy atom. The van der Waals surface area contributed by atoms with Crippen molar-refractivity contribution in [3.8, 4) is 0 Å². The van der Waals surface area contributed by atoms with Crippen LogP contribution in [0.5, 0.6) is 0 Å². The third-order valence-corrected chi connectivity index (χ3v) is 7.54. The van der Waals surface area contributed by atoms with E-state index < -0.39 is 10.0 Å². The second-order valence-corrected chi connectivity index (χ2v) is 8.09. The maximum atomic E-state index is 12.2. The molecule has 1 aliphatic carbocycles. The Balaban J connectivity index is 2.18. The number of aryl methyl sites for hydroxylation is 1. The summed E-state index contributed by atoms with van der Waals surface area (Å²) in [6.45, 7) is 2.03. The maximum Gasteiger partial charge on any atom is 0.250 e. The van der Waals surface area contributed by atoms with E-state index in [9.17, 15) is 8.42 Å². The van der Waals surface area contributed by atoms with Crippen LogP contribution in [-0.2, 0) is 16.4 Å². The Kier molecular flexibility index (Phi) is 3.97. The van der Waals surface area contributed by atoms with Crippen LogP contribution in [0.3, 0.4) is 0 Å². The lowest BCUT2D eigenvalue weighted by Gasteiger charge is -2.40. The summed E-state index contributed by atoms with van der Waals surface area (Å²) in [6, 6.07) is 3.59. The first kappa shape index (κ1) is 13.5. The predicted octanol–water partition coefficient (Wildman–Crippen LogP) is 2.91. The fraction of sp³-hybridized carbons (Fsp3) is 0.636. The van der Waals surface area contributed by atoms with Gasteiger partial charge < -0.3 is 0 Å². The number of alkyl halides is 1. The van der Waals surface area contributed by atoms with E-state index in [-0.39, 0.29) is 5.54 Å². The molecule has 1 saturated carbocycles. The van der Waals surface area contributed by atoms with E-state index in [1.165, 1.54) is 11.3 Å². The van der Waals surface area contributed by atoms with Crippen LogP contribution >= 0.6 is 27.3 Å². The summed E-state index contributed by atoms with van der Waals surface area (Å²) in [7, 11) is -3.34. The predicted molar refractivity (Wildman–Crippen MR) is 74.4 cm³/mol. The molecule has 1 aromatic rings. The summed E-state index contributed by atoms with van der Waals surface area (Å²) in [4.78, 5) is 1.10. The van der Waals surface area contributed by atoms with Crippen LogP contribution in [-0.4, -0.2) is 19.3 Å². The monoisotopic (exact) mass is 337 g/mol. The number of nitrogens with one attached hydrogen (secondary N) is 1. The lowest BCUT2D eigenvalue weighted by molar-refractivity contribution is 0.256. The lowest BCUT2D eigenvalue weighted by atomic mass is 9.80. The van der Waals surface area contributed by atoms with Crippen molar-refractivity contribution in [2.75, 3.05) is 5.33 Å². The highest BCUT2D eigenvalue weighted by Gasteiger charge is 2.40. The number of sulfonamides is 1. The zero-order valence-corrected chi connectivity index (χ0v) is 12.9. The summed E-state index contributed by atoms with van der Waals surface area (Å²) in [5, 5.41) is 0.686. The summed E-state index contributed by atoms with van der Waals surface area (Å²) in [6.07, 6.45) is 3.82. The molecule has 0 radical (unpaired) electrons. The molecule has 0 atom stereocenters. The Bertz CT molecular complexity index is 486. The van der Waals surface area contributed by atoms with E-state index >= 15 is 0 Å². The van der Waals surface area contributed by atoms with Gasteiger partial charge in [-0.15, -0.1) is 11.3 Å². The van der Waals surface area contributed by atoms with E-state index in [0.717, 1.165) is 30.6 Å². The molecule has 1 N–H and O–H groups in total. The molecule has 0 amide bonds. The number of hydrogen-bond acceptors (Lipinski definition) is 3. The van der Waals surface area contributed by atoms with Gasteiger partial charge in [-0.3, -0.25) is 0 Å².